The molecule has 5 nitrogen and oxygen atoms in total. The summed E-state index contributed by atoms with van der Waals surface area (Å²) in [6, 6.07) is 5.21. The predicted molar refractivity (Wildman–Crippen MR) is 79.7 cm³/mol. The Morgan fingerprint density at radius 1 is 1.36 bits per heavy atom. The average molecular weight is 302 g/mol. The smallest absolute Gasteiger partial charge is 0.327 e. The number of hydrogen-bond acceptors (Lipinski definition) is 3. The van der Waals surface area contributed by atoms with Gasteiger partial charge in [-0.25, -0.2) is 9.18 Å². The molecule has 3 rings (SSSR count). The van der Waals surface area contributed by atoms with Gasteiger partial charge in [0.25, 0.3) is 5.56 Å². The molecule has 1 aliphatic rings. The van der Waals surface area contributed by atoms with Crippen molar-refractivity contribution in [3.63, 3.8) is 0 Å². The molecule has 1 aliphatic heterocycles. The molecule has 0 bridgehead atoms. The Bertz CT molecular complexity index is 800. The van der Waals surface area contributed by atoms with Crippen LogP contribution in [0.4, 0.5) is 10.1 Å². The number of halogens is 1. The van der Waals surface area contributed by atoms with Gasteiger partial charge in [-0.3, -0.25) is 4.79 Å². The summed E-state index contributed by atoms with van der Waals surface area (Å²) in [6.07, 6.45) is 1.99. The number of benzene rings is 1. The molecule has 114 valence electrons. The molecule has 2 heterocycles. The standard InChI is InChI=1S/C16H15FN2O3/c1-2-8-6-10-12(7-11(8)17)19-14(16(21)22)13(10)9-4-3-5-18-15(9)20/h3-7,13-14,19H,2H2,1H3,(H,18,20)(H,21,22). The van der Waals surface area contributed by atoms with Gasteiger partial charge in [0.1, 0.15) is 11.9 Å². The van der Waals surface area contributed by atoms with Gasteiger partial charge in [0.2, 0.25) is 0 Å². The van der Waals surface area contributed by atoms with Crippen LogP contribution in [0, 0.1) is 5.82 Å². The van der Waals surface area contributed by atoms with Crippen molar-refractivity contribution in [2.24, 2.45) is 0 Å². The zero-order valence-electron chi connectivity index (χ0n) is 11.9. The monoisotopic (exact) mass is 302 g/mol. The number of aromatic nitrogens is 1. The number of carboxylic acid groups (broad SMARTS) is 1. The Labute approximate surface area is 125 Å². The number of nitrogens with one attached hydrogen (secondary N) is 2. The van der Waals surface area contributed by atoms with E-state index < -0.39 is 17.9 Å². The largest absolute Gasteiger partial charge is 0.480 e. The number of hydrogen-bond donors (Lipinski definition) is 3. The minimum Gasteiger partial charge on any atom is -0.480 e. The minimum atomic E-state index is -1.08. The first-order chi connectivity index (χ1) is 10.5. The number of carbonyl (C=O) groups is 1. The molecular formula is C16H15FN2O3. The van der Waals surface area contributed by atoms with Crippen molar-refractivity contribution < 1.29 is 14.3 Å². The van der Waals surface area contributed by atoms with E-state index in [1.54, 1.807) is 18.2 Å². The number of fused-ring (bicyclic) bond motifs is 1. The number of aryl methyl sites for hydroxylation is 1. The molecule has 0 amide bonds. The zero-order chi connectivity index (χ0) is 15.9. The van der Waals surface area contributed by atoms with Gasteiger partial charge in [-0.15, -0.1) is 0 Å². The molecule has 0 fully saturated rings. The van der Waals surface area contributed by atoms with Gasteiger partial charge < -0.3 is 15.4 Å². The molecule has 2 aromatic rings. The molecule has 1 aromatic carbocycles. The Balaban J connectivity index is 2.21. The number of H-pyrrole nitrogens is 1. The second kappa shape index (κ2) is 5.29. The summed E-state index contributed by atoms with van der Waals surface area (Å²) in [6.45, 7) is 1.83. The van der Waals surface area contributed by atoms with Gasteiger partial charge in [0.05, 0.1) is 0 Å². The van der Waals surface area contributed by atoms with Crippen molar-refractivity contribution >= 4 is 11.7 Å². The summed E-state index contributed by atoms with van der Waals surface area (Å²) < 4.78 is 13.9. The van der Waals surface area contributed by atoms with Crippen LogP contribution >= 0.6 is 0 Å². The number of rotatable bonds is 3. The second-order valence-electron chi connectivity index (χ2n) is 5.28. The molecular weight excluding hydrogens is 287 g/mol. The Morgan fingerprint density at radius 2 is 2.14 bits per heavy atom. The quantitative estimate of drug-likeness (QED) is 0.811. The Kier molecular flexibility index (Phi) is 3.44. The highest BCUT2D eigenvalue weighted by Crippen LogP contribution is 2.40. The highest BCUT2D eigenvalue weighted by Gasteiger charge is 2.39. The Morgan fingerprint density at radius 3 is 2.77 bits per heavy atom. The van der Waals surface area contributed by atoms with Crippen molar-refractivity contribution in [1.29, 1.82) is 0 Å². The van der Waals surface area contributed by atoms with Crippen LogP contribution in [-0.2, 0) is 11.2 Å². The van der Waals surface area contributed by atoms with E-state index in [0.29, 0.717) is 28.8 Å². The highest BCUT2D eigenvalue weighted by molar-refractivity contribution is 5.84. The van der Waals surface area contributed by atoms with Crippen LogP contribution in [-0.4, -0.2) is 22.1 Å². The lowest BCUT2D eigenvalue weighted by Gasteiger charge is -2.16. The normalized spacial score (nSPS) is 19.5. The summed E-state index contributed by atoms with van der Waals surface area (Å²) in [5, 5.41) is 12.2. The van der Waals surface area contributed by atoms with Crippen LogP contribution in [0.25, 0.3) is 0 Å². The lowest BCUT2D eigenvalue weighted by molar-refractivity contribution is -0.138. The average Bonchev–Trinajstić information content (AvgIpc) is 2.85. The first-order valence-electron chi connectivity index (χ1n) is 7.02. The van der Waals surface area contributed by atoms with Crippen LogP contribution < -0.4 is 10.9 Å². The van der Waals surface area contributed by atoms with E-state index in [2.05, 4.69) is 10.3 Å². The molecule has 0 saturated carbocycles. The van der Waals surface area contributed by atoms with Gasteiger partial charge >= 0.3 is 5.97 Å². The number of pyridine rings is 1. The summed E-state index contributed by atoms with van der Waals surface area (Å²) in [5.41, 5.74) is 1.59. The third-order valence-electron chi connectivity index (χ3n) is 4.03. The van der Waals surface area contributed by atoms with Crippen LogP contribution in [0.5, 0.6) is 0 Å². The van der Waals surface area contributed by atoms with Gasteiger partial charge in [-0.05, 0) is 29.7 Å². The molecule has 0 aliphatic carbocycles. The maximum absolute atomic E-state index is 13.9. The van der Waals surface area contributed by atoms with Crippen molar-refractivity contribution in [2.45, 2.75) is 25.3 Å². The van der Waals surface area contributed by atoms with Crippen molar-refractivity contribution in [3.05, 3.63) is 63.3 Å². The molecule has 6 heteroatoms. The van der Waals surface area contributed by atoms with E-state index in [-0.39, 0.29) is 11.4 Å². The fraction of sp³-hybridized carbons (Fsp3) is 0.250. The van der Waals surface area contributed by atoms with E-state index in [0.717, 1.165) is 0 Å². The zero-order valence-corrected chi connectivity index (χ0v) is 11.9. The number of anilines is 1. The predicted octanol–water partition coefficient (Wildman–Crippen LogP) is 2.09. The summed E-state index contributed by atoms with van der Waals surface area (Å²) in [4.78, 5) is 26.1. The first-order valence-corrected chi connectivity index (χ1v) is 7.02. The van der Waals surface area contributed by atoms with Gasteiger partial charge in [-0.2, -0.15) is 0 Å². The van der Waals surface area contributed by atoms with Crippen LogP contribution in [0.2, 0.25) is 0 Å². The number of aromatic amines is 1. The number of aliphatic carboxylic acids is 1. The Hall–Kier alpha value is -2.63. The lowest BCUT2D eigenvalue weighted by Crippen LogP contribution is -2.33. The first kappa shape index (κ1) is 14.3. The topological polar surface area (TPSA) is 82.2 Å². The fourth-order valence-electron chi connectivity index (χ4n) is 2.95. The highest BCUT2D eigenvalue weighted by atomic mass is 19.1. The fourth-order valence-corrected chi connectivity index (χ4v) is 2.95. The molecule has 0 spiro atoms. The van der Waals surface area contributed by atoms with E-state index in [9.17, 15) is 19.1 Å². The SMILES string of the molecule is CCc1cc2c(cc1F)NC(C(=O)O)C2c1ccc[nH]c1=O. The minimum absolute atomic E-state index is 0.337. The van der Waals surface area contributed by atoms with E-state index in [1.807, 2.05) is 6.92 Å². The summed E-state index contributed by atoms with van der Waals surface area (Å²) in [5.74, 6) is -2.10. The third kappa shape index (κ3) is 2.16. The van der Waals surface area contributed by atoms with Crippen molar-refractivity contribution in [1.82, 2.24) is 4.98 Å². The van der Waals surface area contributed by atoms with Crippen LogP contribution in [0.15, 0.2) is 35.3 Å². The van der Waals surface area contributed by atoms with Crippen LogP contribution in [0.3, 0.4) is 0 Å². The van der Waals surface area contributed by atoms with Crippen LogP contribution in [0.1, 0.15) is 29.5 Å². The van der Waals surface area contributed by atoms with Gasteiger partial charge in [-0.1, -0.05) is 19.1 Å². The molecule has 22 heavy (non-hydrogen) atoms. The maximum Gasteiger partial charge on any atom is 0.327 e. The molecule has 1 aromatic heterocycles. The van der Waals surface area contributed by atoms with Crippen molar-refractivity contribution in [2.75, 3.05) is 5.32 Å². The summed E-state index contributed by atoms with van der Waals surface area (Å²) >= 11 is 0. The van der Waals surface area contributed by atoms with E-state index in [4.69, 9.17) is 0 Å². The van der Waals surface area contributed by atoms with Crippen molar-refractivity contribution in [3.8, 4) is 0 Å². The second-order valence-corrected chi connectivity index (χ2v) is 5.28. The molecule has 0 saturated heterocycles. The third-order valence-corrected chi connectivity index (χ3v) is 4.03. The molecule has 2 atom stereocenters. The lowest BCUT2D eigenvalue weighted by atomic mass is 9.87. The van der Waals surface area contributed by atoms with Gasteiger partial charge in [0, 0.05) is 23.4 Å². The number of carboxylic acids is 1. The van der Waals surface area contributed by atoms with Gasteiger partial charge in [0.15, 0.2) is 0 Å². The van der Waals surface area contributed by atoms with E-state index >= 15 is 0 Å². The summed E-state index contributed by atoms with van der Waals surface area (Å²) in [7, 11) is 0. The molecule has 2 unspecified atom stereocenters. The molecule has 0 radical (unpaired) electrons. The maximum atomic E-state index is 13.9. The van der Waals surface area contributed by atoms with E-state index in [1.165, 1.54) is 12.3 Å². The molecule has 3 N–H and O–H groups in total.